The number of hydrogen-bond donors (Lipinski definition) is 3. The summed E-state index contributed by atoms with van der Waals surface area (Å²) in [5.41, 5.74) is -2.12. The Kier molecular flexibility index (Phi) is 8.55. The molecule has 3 heterocycles. The van der Waals surface area contributed by atoms with E-state index < -0.39 is 40.7 Å². The summed E-state index contributed by atoms with van der Waals surface area (Å²) in [5, 5.41) is 16.7. The van der Waals surface area contributed by atoms with Gasteiger partial charge in [0.2, 0.25) is 17.7 Å². The normalized spacial score (nSPS) is 31.3. The van der Waals surface area contributed by atoms with Gasteiger partial charge in [-0.2, -0.15) is 0 Å². The Balaban J connectivity index is 1.74. The average molecular weight is 586 g/mol. The molecule has 9 nitrogen and oxygen atoms in total. The van der Waals surface area contributed by atoms with Crippen molar-refractivity contribution >= 4 is 23.4 Å². The van der Waals surface area contributed by atoms with Crippen LogP contribution in [0.3, 0.4) is 0 Å². The summed E-state index contributed by atoms with van der Waals surface area (Å²) in [6, 6.07) is 5.56. The predicted molar refractivity (Wildman–Crippen MR) is 162 cm³/mol. The maximum atomic E-state index is 14.5. The molecule has 3 amide bonds. The molecule has 1 spiro atoms. The van der Waals surface area contributed by atoms with E-state index in [4.69, 9.17) is 9.47 Å². The summed E-state index contributed by atoms with van der Waals surface area (Å²) >= 11 is 0. The number of nitrogens with zero attached hydrogens (tertiary/aromatic N) is 1. The van der Waals surface area contributed by atoms with Crippen LogP contribution < -0.4 is 15.4 Å². The molecule has 3 unspecified atom stereocenters. The Labute approximate surface area is 251 Å². The van der Waals surface area contributed by atoms with Crippen LogP contribution >= 0.6 is 0 Å². The lowest BCUT2D eigenvalue weighted by atomic mass is 9.62. The second-order valence-electron chi connectivity index (χ2n) is 15.0. The van der Waals surface area contributed by atoms with Gasteiger partial charge in [-0.15, -0.1) is 0 Å². The zero-order valence-electron chi connectivity index (χ0n) is 27.0. The Morgan fingerprint density at radius 3 is 2.29 bits per heavy atom. The third-order valence-electron chi connectivity index (χ3n) is 9.46. The topological polar surface area (TPSA) is 117 Å². The van der Waals surface area contributed by atoms with Crippen LogP contribution in [-0.2, 0) is 19.1 Å². The monoisotopic (exact) mass is 585 g/mol. The Morgan fingerprint density at radius 2 is 1.76 bits per heavy atom. The van der Waals surface area contributed by atoms with E-state index in [0.29, 0.717) is 24.5 Å². The van der Waals surface area contributed by atoms with Gasteiger partial charge in [0.25, 0.3) is 0 Å². The molecule has 1 aromatic carbocycles. The van der Waals surface area contributed by atoms with Crippen LogP contribution in [0, 0.1) is 29.1 Å². The van der Waals surface area contributed by atoms with E-state index in [1.54, 1.807) is 29.2 Å². The molecule has 7 atom stereocenters. The molecule has 3 aliphatic rings. The second kappa shape index (κ2) is 11.1. The quantitative estimate of drug-likeness (QED) is 0.375. The number of carbonyl (C=O) groups is 3. The highest BCUT2D eigenvalue weighted by Gasteiger charge is 2.80. The molecule has 3 fully saturated rings. The molecule has 3 N–H and O–H groups in total. The molecule has 234 valence electrons. The third kappa shape index (κ3) is 5.54. The molecule has 4 rings (SSSR count). The number of amides is 3. The number of carbonyl (C=O) groups excluding carboxylic acids is 3. The van der Waals surface area contributed by atoms with Crippen molar-refractivity contribution in [2.24, 2.45) is 29.1 Å². The average Bonchev–Trinajstić information content (AvgIpc) is 3.36. The van der Waals surface area contributed by atoms with Crippen molar-refractivity contribution in [3.05, 3.63) is 24.3 Å². The van der Waals surface area contributed by atoms with Gasteiger partial charge in [-0.3, -0.25) is 14.4 Å². The Hall–Kier alpha value is -2.65. The molecule has 0 aliphatic carbocycles. The maximum absolute atomic E-state index is 14.5. The summed E-state index contributed by atoms with van der Waals surface area (Å²) in [6.07, 6.45) is 1.19. The highest BCUT2D eigenvalue weighted by molar-refractivity contribution is 6.02. The smallest absolute Gasteiger partial charge is 0.246 e. The molecule has 0 radical (unpaired) electrons. The predicted octanol–water partition coefficient (Wildman–Crippen LogP) is 4.38. The van der Waals surface area contributed by atoms with Crippen LogP contribution in [-0.4, -0.2) is 69.8 Å². The fraction of sp³-hybridized carbons (Fsp3) is 0.727. The van der Waals surface area contributed by atoms with Crippen LogP contribution in [0.15, 0.2) is 24.3 Å². The van der Waals surface area contributed by atoms with Gasteiger partial charge in [-0.1, -0.05) is 41.5 Å². The number of ether oxygens (including phenoxy) is 2. The molecule has 9 heteroatoms. The molecular weight excluding hydrogens is 534 g/mol. The first kappa shape index (κ1) is 32.3. The fourth-order valence-corrected chi connectivity index (χ4v) is 8.15. The van der Waals surface area contributed by atoms with Gasteiger partial charge >= 0.3 is 0 Å². The number of likely N-dealkylation sites (tertiary alicyclic amines) is 1. The maximum Gasteiger partial charge on any atom is 0.246 e. The number of aliphatic hydroxyl groups excluding tert-OH is 1. The van der Waals surface area contributed by atoms with Crippen molar-refractivity contribution < 1.29 is 29.0 Å². The van der Waals surface area contributed by atoms with Crippen molar-refractivity contribution in [3.8, 4) is 5.75 Å². The van der Waals surface area contributed by atoms with E-state index in [2.05, 4.69) is 31.4 Å². The van der Waals surface area contributed by atoms with E-state index in [1.807, 2.05) is 48.5 Å². The lowest BCUT2D eigenvalue weighted by molar-refractivity contribution is -0.151. The number of nitrogens with one attached hydrogen (secondary N) is 2. The van der Waals surface area contributed by atoms with E-state index in [0.717, 1.165) is 6.42 Å². The molecule has 0 aromatic heterocycles. The second-order valence-corrected chi connectivity index (χ2v) is 15.0. The molecule has 3 aliphatic heterocycles. The van der Waals surface area contributed by atoms with Gasteiger partial charge in [0.05, 0.1) is 36.7 Å². The highest BCUT2D eigenvalue weighted by Crippen LogP contribution is 2.65. The summed E-state index contributed by atoms with van der Waals surface area (Å²) in [7, 11) is 0. The summed E-state index contributed by atoms with van der Waals surface area (Å²) < 4.78 is 12.4. The van der Waals surface area contributed by atoms with Gasteiger partial charge in [0, 0.05) is 11.2 Å². The van der Waals surface area contributed by atoms with Crippen molar-refractivity contribution in [1.29, 1.82) is 0 Å². The molecule has 42 heavy (non-hydrogen) atoms. The van der Waals surface area contributed by atoms with Crippen LogP contribution in [0.5, 0.6) is 5.75 Å². The lowest BCUT2D eigenvalue weighted by Gasteiger charge is -2.41. The Morgan fingerprint density at radius 1 is 1.14 bits per heavy atom. The lowest BCUT2D eigenvalue weighted by Crippen LogP contribution is -2.62. The standard InChI is InChI=1S/C33H51N3O6/c1-11-41-22-14-12-21(13-15-22)34-27(38)24-25-29(40)36(23(17-37)19(2)3)26(33(25)16-20(4)32(24,10)42-33)28(39)35-31(8,9)18-30(5,6)7/h12-15,19-20,23-26,37H,11,16-18H2,1-10H3,(H,34,38)(H,35,39)/t20?,23-,24+,25-,26?,32-,33?/m0/s1. The number of benzene rings is 1. The largest absolute Gasteiger partial charge is 0.494 e. The summed E-state index contributed by atoms with van der Waals surface area (Å²) in [5.74, 6) is -2.08. The minimum Gasteiger partial charge on any atom is -0.494 e. The van der Waals surface area contributed by atoms with Crippen LogP contribution in [0.4, 0.5) is 5.69 Å². The van der Waals surface area contributed by atoms with E-state index in [-0.39, 0.29) is 41.6 Å². The SMILES string of the molecule is CCOc1ccc(NC(=O)[C@H]2[C@H]3C(=O)N([C@@H](CO)C(C)C)C(C(=O)NC(C)(C)CC(C)(C)C)C34CC(C)[C@]2(C)O4)cc1. The number of hydrogen-bond acceptors (Lipinski definition) is 6. The molecule has 1 aromatic rings. The number of anilines is 1. The zero-order valence-corrected chi connectivity index (χ0v) is 27.0. The molecule has 0 saturated carbocycles. The summed E-state index contributed by atoms with van der Waals surface area (Å²) in [4.78, 5) is 44.4. The van der Waals surface area contributed by atoms with Gasteiger partial charge in [0.15, 0.2) is 0 Å². The van der Waals surface area contributed by atoms with Gasteiger partial charge < -0.3 is 30.1 Å². The van der Waals surface area contributed by atoms with E-state index in [9.17, 15) is 19.5 Å². The number of fused-ring (bicyclic) bond motifs is 1. The van der Waals surface area contributed by atoms with Gasteiger partial charge in [0.1, 0.15) is 17.4 Å². The first-order valence-electron chi connectivity index (χ1n) is 15.4. The van der Waals surface area contributed by atoms with Crippen LogP contribution in [0.1, 0.15) is 82.1 Å². The molecule has 3 saturated heterocycles. The first-order valence-corrected chi connectivity index (χ1v) is 15.4. The number of rotatable bonds is 10. The van der Waals surface area contributed by atoms with Gasteiger partial charge in [-0.25, -0.2) is 0 Å². The Bertz CT molecular complexity index is 1190. The van der Waals surface area contributed by atoms with Crippen LogP contribution in [0.25, 0.3) is 0 Å². The minimum atomic E-state index is -1.18. The third-order valence-corrected chi connectivity index (χ3v) is 9.46. The van der Waals surface area contributed by atoms with Crippen molar-refractivity contribution in [2.45, 2.75) is 111 Å². The van der Waals surface area contributed by atoms with Crippen molar-refractivity contribution in [3.63, 3.8) is 0 Å². The van der Waals surface area contributed by atoms with Crippen LogP contribution in [0.2, 0.25) is 0 Å². The van der Waals surface area contributed by atoms with Crippen molar-refractivity contribution in [2.75, 3.05) is 18.5 Å². The molecular formula is C33H51N3O6. The minimum absolute atomic E-state index is 0.0390. The zero-order chi connectivity index (χ0) is 31.4. The fourth-order valence-electron chi connectivity index (χ4n) is 8.15. The summed E-state index contributed by atoms with van der Waals surface area (Å²) in [6.45, 7) is 20.3. The number of aliphatic hydroxyl groups is 1. The van der Waals surface area contributed by atoms with E-state index >= 15 is 0 Å². The highest BCUT2D eigenvalue weighted by atomic mass is 16.5. The van der Waals surface area contributed by atoms with Gasteiger partial charge in [-0.05, 0) is 82.1 Å². The van der Waals surface area contributed by atoms with Crippen molar-refractivity contribution in [1.82, 2.24) is 10.2 Å². The van der Waals surface area contributed by atoms with E-state index in [1.165, 1.54) is 0 Å². The molecule has 2 bridgehead atoms. The first-order chi connectivity index (χ1) is 19.4.